The number of carbonyl (C=O) groups excluding carboxylic acids is 1. The lowest BCUT2D eigenvalue weighted by molar-refractivity contribution is -0.120. The van der Waals surface area contributed by atoms with Gasteiger partial charge in [-0.05, 0) is 86.6 Å². The topological polar surface area (TPSA) is 66.5 Å². The zero-order valence-corrected chi connectivity index (χ0v) is 22.1. The van der Waals surface area contributed by atoms with E-state index in [-0.39, 0.29) is 21.6 Å². The summed E-state index contributed by atoms with van der Waals surface area (Å²) in [6, 6.07) is 17.1. The number of halogens is 2. The minimum atomic E-state index is -4.04. The molecule has 0 saturated carbocycles. The van der Waals surface area contributed by atoms with Crippen LogP contribution in [0.5, 0.6) is 0 Å². The molecule has 1 atom stereocenters. The van der Waals surface area contributed by atoms with Crippen LogP contribution in [0.3, 0.4) is 0 Å². The Morgan fingerprint density at radius 1 is 0.943 bits per heavy atom. The Hall–Kier alpha value is -2.54. The summed E-state index contributed by atoms with van der Waals surface area (Å²) in [5.41, 5.74) is 4.89. The van der Waals surface area contributed by atoms with Crippen molar-refractivity contribution in [1.29, 1.82) is 0 Å². The van der Waals surface area contributed by atoms with E-state index in [9.17, 15) is 13.2 Å². The van der Waals surface area contributed by atoms with Gasteiger partial charge < -0.3 is 5.32 Å². The number of amides is 1. The lowest BCUT2D eigenvalue weighted by Crippen LogP contribution is -2.41. The Morgan fingerprint density at radius 2 is 1.63 bits per heavy atom. The van der Waals surface area contributed by atoms with Gasteiger partial charge in [-0.25, -0.2) is 8.42 Å². The number of carbonyl (C=O) groups is 1. The van der Waals surface area contributed by atoms with E-state index in [0.717, 1.165) is 28.3 Å². The number of rotatable bonds is 7. The molecule has 8 heteroatoms. The first kappa shape index (κ1) is 25.5. The fourth-order valence-corrected chi connectivity index (χ4v) is 6.02. The summed E-state index contributed by atoms with van der Waals surface area (Å²) < 4.78 is 28.2. The number of nitrogens with zero attached hydrogens (tertiary/aromatic N) is 1. The number of hydrogen-bond donors (Lipinski definition) is 1. The molecule has 0 fully saturated rings. The standard InChI is InChI=1S/C27H28Cl2N2O3S/c1-18-7-12-24(13-8-18)35(33,34)31(23-11-14-25(28)26(29)16-23)17-27(32)30-19(2)21-10-9-20-5-3-4-6-22(20)15-21/h7-16,19H,3-6,17H2,1-2H3,(H,30,32)/t19-/m0/s1. The molecule has 0 aliphatic heterocycles. The van der Waals surface area contributed by atoms with E-state index in [1.165, 1.54) is 48.2 Å². The quantitative estimate of drug-likeness (QED) is 0.392. The second-order valence-electron chi connectivity index (χ2n) is 8.95. The van der Waals surface area contributed by atoms with E-state index in [2.05, 4.69) is 17.4 Å². The molecule has 35 heavy (non-hydrogen) atoms. The monoisotopic (exact) mass is 530 g/mol. The van der Waals surface area contributed by atoms with Crippen molar-refractivity contribution in [3.05, 3.63) is 93.0 Å². The Morgan fingerprint density at radius 3 is 2.31 bits per heavy atom. The molecule has 5 nitrogen and oxygen atoms in total. The Balaban J connectivity index is 1.59. The van der Waals surface area contributed by atoms with Crippen molar-refractivity contribution in [2.24, 2.45) is 0 Å². The predicted octanol–water partition coefficient (Wildman–Crippen LogP) is 6.25. The van der Waals surface area contributed by atoms with Gasteiger partial charge in [0.25, 0.3) is 10.0 Å². The molecule has 4 rings (SSSR count). The number of benzene rings is 3. The molecule has 3 aromatic rings. The third kappa shape index (κ3) is 5.83. The van der Waals surface area contributed by atoms with Crippen molar-refractivity contribution in [3.8, 4) is 0 Å². The van der Waals surface area contributed by atoms with Crippen LogP contribution in [0.15, 0.2) is 65.6 Å². The van der Waals surface area contributed by atoms with Crippen LogP contribution in [0.25, 0.3) is 0 Å². The van der Waals surface area contributed by atoms with Gasteiger partial charge in [-0.3, -0.25) is 9.10 Å². The Bertz CT molecular complexity index is 1340. The highest BCUT2D eigenvalue weighted by Crippen LogP contribution is 2.31. The zero-order chi connectivity index (χ0) is 25.2. The van der Waals surface area contributed by atoms with Gasteiger partial charge in [-0.2, -0.15) is 0 Å². The highest BCUT2D eigenvalue weighted by atomic mass is 35.5. The van der Waals surface area contributed by atoms with Gasteiger partial charge in [0.05, 0.1) is 26.7 Å². The Kier molecular flexibility index (Phi) is 7.74. The molecule has 0 aromatic heterocycles. The highest BCUT2D eigenvalue weighted by Gasteiger charge is 2.28. The van der Waals surface area contributed by atoms with E-state index < -0.39 is 22.5 Å². The molecule has 0 radical (unpaired) electrons. The molecule has 0 saturated heterocycles. The van der Waals surface area contributed by atoms with Crippen molar-refractivity contribution in [3.63, 3.8) is 0 Å². The maximum atomic E-state index is 13.6. The lowest BCUT2D eigenvalue weighted by Gasteiger charge is -2.26. The van der Waals surface area contributed by atoms with Crippen LogP contribution in [-0.2, 0) is 27.7 Å². The van der Waals surface area contributed by atoms with Crippen molar-refractivity contribution < 1.29 is 13.2 Å². The summed E-state index contributed by atoms with van der Waals surface area (Å²) in [4.78, 5) is 13.2. The normalized spacial score (nSPS) is 14.2. The third-order valence-electron chi connectivity index (χ3n) is 6.34. The molecule has 0 heterocycles. The average Bonchev–Trinajstić information content (AvgIpc) is 2.84. The fourth-order valence-electron chi connectivity index (χ4n) is 4.32. The van der Waals surface area contributed by atoms with E-state index in [4.69, 9.17) is 23.2 Å². The minimum absolute atomic E-state index is 0.0877. The molecule has 3 aromatic carbocycles. The van der Waals surface area contributed by atoms with E-state index in [0.29, 0.717) is 5.02 Å². The second kappa shape index (κ2) is 10.6. The number of aryl methyl sites for hydroxylation is 3. The van der Waals surface area contributed by atoms with Crippen molar-refractivity contribution >= 4 is 44.8 Å². The fraction of sp³-hybridized carbons (Fsp3) is 0.296. The first-order valence-electron chi connectivity index (χ1n) is 11.6. The molecular weight excluding hydrogens is 503 g/mol. The number of hydrogen-bond acceptors (Lipinski definition) is 3. The maximum absolute atomic E-state index is 13.6. The maximum Gasteiger partial charge on any atom is 0.264 e. The van der Waals surface area contributed by atoms with Crippen LogP contribution in [0.1, 0.15) is 48.1 Å². The molecule has 1 aliphatic rings. The molecule has 0 unspecified atom stereocenters. The average molecular weight is 532 g/mol. The summed E-state index contributed by atoms with van der Waals surface area (Å²) in [5.74, 6) is -0.419. The third-order valence-corrected chi connectivity index (χ3v) is 8.86. The highest BCUT2D eigenvalue weighted by molar-refractivity contribution is 7.92. The van der Waals surface area contributed by atoms with Crippen LogP contribution in [0.2, 0.25) is 10.0 Å². The summed E-state index contributed by atoms with van der Waals surface area (Å²) in [7, 11) is -4.04. The van der Waals surface area contributed by atoms with Gasteiger partial charge in [0.1, 0.15) is 6.54 Å². The van der Waals surface area contributed by atoms with Crippen LogP contribution >= 0.6 is 23.2 Å². The van der Waals surface area contributed by atoms with E-state index >= 15 is 0 Å². The molecular formula is C27H28Cl2N2O3S. The zero-order valence-electron chi connectivity index (χ0n) is 19.7. The lowest BCUT2D eigenvalue weighted by atomic mass is 9.89. The van der Waals surface area contributed by atoms with Gasteiger partial charge in [-0.1, -0.05) is 59.1 Å². The summed E-state index contributed by atoms with van der Waals surface area (Å²) in [6.45, 7) is 3.38. The van der Waals surface area contributed by atoms with Crippen molar-refractivity contribution in [2.45, 2.75) is 50.5 Å². The van der Waals surface area contributed by atoms with Crippen molar-refractivity contribution in [1.82, 2.24) is 5.32 Å². The molecule has 184 valence electrons. The molecule has 0 bridgehead atoms. The Labute approximate surface area is 217 Å². The number of anilines is 1. The van der Waals surface area contributed by atoms with Gasteiger partial charge in [0.15, 0.2) is 0 Å². The first-order valence-corrected chi connectivity index (χ1v) is 13.8. The van der Waals surface area contributed by atoms with Crippen molar-refractivity contribution in [2.75, 3.05) is 10.8 Å². The van der Waals surface area contributed by atoms with Gasteiger partial charge in [0.2, 0.25) is 5.91 Å². The van der Waals surface area contributed by atoms with Crippen LogP contribution in [0.4, 0.5) is 5.69 Å². The molecule has 1 aliphatic carbocycles. The summed E-state index contributed by atoms with van der Waals surface area (Å²) in [5, 5.41) is 3.46. The van der Waals surface area contributed by atoms with Gasteiger partial charge in [-0.15, -0.1) is 0 Å². The SMILES string of the molecule is Cc1ccc(S(=O)(=O)N(CC(=O)N[C@@H](C)c2ccc3c(c2)CCCC3)c2ccc(Cl)c(Cl)c2)cc1. The molecule has 1 N–H and O–H groups in total. The first-order chi connectivity index (χ1) is 16.6. The van der Waals surface area contributed by atoms with Crippen LogP contribution in [-0.4, -0.2) is 20.9 Å². The predicted molar refractivity (Wildman–Crippen MR) is 142 cm³/mol. The second-order valence-corrected chi connectivity index (χ2v) is 11.6. The van der Waals surface area contributed by atoms with Gasteiger partial charge >= 0.3 is 0 Å². The number of sulfonamides is 1. The summed E-state index contributed by atoms with van der Waals surface area (Å²) in [6.07, 6.45) is 4.51. The molecule has 0 spiro atoms. The van der Waals surface area contributed by atoms with E-state index in [1.807, 2.05) is 19.9 Å². The minimum Gasteiger partial charge on any atom is -0.348 e. The number of nitrogens with one attached hydrogen (secondary N) is 1. The smallest absolute Gasteiger partial charge is 0.264 e. The van der Waals surface area contributed by atoms with Crippen LogP contribution in [0, 0.1) is 6.92 Å². The number of fused-ring (bicyclic) bond motifs is 1. The van der Waals surface area contributed by atoms with Crippen LogP contribution < -0.4 is 9.62 Å². The van der Waals surface area contributed by atoms with E-state index in [1.54, 1.807) is 18.2 Å². The summed E-state index contributed by atoms with van der Waals surface area (Å²) >= 11 is 12.2. The molecule has 1 amide bonds. The largest absolute Gasteiger partial charge is 0.348 e. The van der Waals surface area contributed by atoms with Gasteiger partial charge in [0, 0.05) is 0 Å².